The largest absolute Gasteiger partial charge is 0.550 e. The molecule has 1 aromatic carbocycles. The van der Waals surface area contributed by atoms with Gasteiger partial charge in [-0.15, -0.1) is 0 Å². The highest BCUT2D eigenvalue weighted by Crippen LogP contribution is 2.38. The number of aliphatic hydroxyl groups is 1. The third kappa shape index (κ3) is 3.18. The third-order valence-electron chi connectivity index (χ3n) is 3.65. The van der Waals surface area contributed by atoms with Crippen LogP contribution in [-0.4, -0.2) is 41.3 Å². The Morgan fingerprint density at radius 2 is 2.09 bits per heavy atom. The number of aliphatic hydroxyl groups excluding tert-OH is 1. The van der Waals surface area contributed by atoms with Crippen molar-refractivity contribution in [3.63, 3.8) is 0 Å². The first kappa shape index (κ1) is 16.5. The predicted octanol–water partition coefficient (Wildman–Crippen LogP) is 0.120. The van der Waals surface area contributed by atoms with Gasteiger partial charge in [-0.3, -0.25) is 9.59 Å². The third-order valence-corrected chi connectivity index (χ3v) is 3.65. The molecule has 0 radical (unpaired) electrons. The SMILES string of the molecule is COc1cccc([C@@H]2C(C(C)=O)=C(O)C(=O)N2CCC(=O)[O-])c1. The summed E-state index contributed by atoms with van der Waals surface area (Å²) in [5.74, 6) is -2.69. The lowest BCUT2D eigenvalue weighted by Crippen LogP contribution is -2.35. The van der Waals surface area contributed by atoms with E-state index in [-0.39, 0.29) is 12.1 Å². The van der Waals surface area contributed by atoms with Crippen molar-refractivity contribution in [3.05, 3.63) is 41.2 Å². The minimum atomic E-state index is -1.32. The number of hydrogen-bond donors (Lipinski definition) is 1. The first-order valence-electron chi connectivity index (χ1n) is 6.95. The summed E-state index contributed by atoms with van der Waals surface area (Å²) in [6.07, 6.45) is -0.398. The first-order valence-corrected chi connectivity index (χ1v) is 6.95. The molecule has 23 heavy (non-hydrogen) atoms. The Morgan fingerprint density at radius 1 is 1.39 bits per heavy atom. The molecule has 0 bridgehead atoms. The van der Waals surface area contributed by atoms with Gasteiger partial charge in [-0.25, -0.2) is 0 Å². The molecule has 1 aliphatic rings. The Balaban J connectivity index is 2.48. The van der Waals surface area contributed by atoms with Crippen LogP contribution in [0.15, 0.2) is 35.6 Å². The molecule has 1 N–H and O–H groups in total. The molecule has 7 nitrogen and oxygen atoms in total. The topological polar surface area (TPSA) is 107 Å². The number of rotatable bonds is 6. The molecule has 0 saturated heterocycles. The smallest absolute Gasteiger partial charge is 0.290 e. The van der Waals surface area contributed by atoms with E-state index >= 15 is 0 Å². The van der Waals surface area contributed by atoms with Gasteiger partial charge in [-0.2, -0.15) is 0 Å². The normalized spacial score (nSPS) is 17.6. The Bertz CT molecular complexity index is 694. The van der Waals surface area contributed by atoms with Gasteiger partial charge >= 0.3 is 0 Å². The average Bonchev–Trinajstić information content (AvgIpc) is 2.77. The summed E-state index contributed by atoms with van der Waals surface area (Å²) in [7, 11) is 1.48. The summed E-state index contributed by atoms with van der Waals surface area (Å²) in [4.78, 5) is 35.9. The molecule has 0 aliphatic carbocycles. The minimum Gasteiger partial charge on any atom is -0.550 e. The Kier molecular flexibility index (Phi) is 4.68. The number of Topliss-reactive ketones (excluding diaryl/α,β-unsaturated/α-hetero) is 1. The molecule has 0 aromatic heterocycles. The number of benzene rings is 1. The van der Waals surface area contributed by atoms with Gasteiger partial charge in [0.25, 0.3) is 5.91 Å². The molecule has 0 saturated carbocycles. The van der Waals surface area contributed by atoms with Gasteiger partial charge in [0.05, 0.1) is 18.7 Å². The summed E-state index contributed by atoms with van der Waals surface area (Å²) < 4.78 is 5.13. The van der Waals surface area contributed by atoms with E-state index in [2.05, 4.69) is 0 Å². The molecule has 1 heterocycles. The van der Waals surface area contributed by atoms with Crippen LogP contribution >= 0.6 is 0 Å². The zero-order valence-corrected chi connectivity index (χ0v) is 12.7. The van der Waals surface area contributed by atoms with Crippen molar-refractivity contribution < 1.29 is 29.3 Å². The second-order valence-electron chi connectivity index (χ2n) is 5.12. The summed E-state index contributed by atoms with van der Waals surface area (Å²) in [5.41, 5.74) is 0.492. The second-order valence-corrected chi connectivity index (χ2v) is 5.12. The molecule has 1 atom stereocenters. The predicted molar refractivity (Wildman–Crippen MR) is 77.4 cm³/mol. The van der Waals surface area contributed by atoms with Gasteiger partial charge in [-0.1, -0.05) is 12.1 Å². The number of carboxylic acids is 1. The fourth-order valence-electron chi connectivity index (χ4n) is 2.61. The van der Waals surface area contributed by atoms with E-state index < -0.39 is 35.9 Å². The number of aliphatic carboxylic acids is 1. The highest BCUT2D eigenvalue weighted by Gasteiger charge is 2.42. The van der Waals surface area contributed by atoms with Crippen LogP contribution in [0.4, 0.5) is 0 Å². The van der Waals surface area contributed by atoms with Crippen LogP contribution in [0.1, 0.15) is 24.9 Å². The van der Waals surface area contributed by atoms with Crippen LogP contribution in [0.3, 0.4) is 0 Å². The fraction of sp³-hybridized carbons (Fsp3) is 0.312. The highest BCUT2D eigenvalue weighted by atomic mass is 16.5. The fourth-order valence-corrected chi connectivity index (χ4v) is 2.61. The second kappa shape index (κ2) is 6.51. The maximum atomic E-state index is 12.2. The molecule has 122 valence electrons. The minimum absolute atomic E-state index is 0.0541. The lowest BCUT2D eigenvalue weighted by molar-refractivity contribution is -0.305. The van der Waals surface area contributed by atoms with Crippen molar-refractivity contribution in [2.45, 2.75) is 19.4 Å². The number of ether oxygens (including phenoxy) is 1. The van der Waals surface area contributed by atoms with Crippen molar-refractivity contribution in [2.24, 2.45) is 0 Å². The van der Waals surface area contributed by atoms with Crippen LogP contribution in [0, 0.1) is 0 Å². The van der Waals surface area contributed by atoms with Gasteiger partial charge in [0.1, 0.15) is 5.75 Å². The molecule has 0 fully saturated rings. The van der Waals surface area contributed by atoms with E-state index in [0.29, 0.717) is 11.3 Å². The molecule has 1 amide bonds. The monoisotopic (exact) mass is 318 g/mol. The lowest BCUT2D eigenvalue weighted by atomic mass is 9.96. The van der Waals surface area contributed by atoms with E-state index in [0.717, 1.165) is 4.90 Å². The number of methoxy groups -OCH3 is 1. The van der Waals surface area contributed by atoms with Gasteiger partial charge in [0, 0.05) is 18.9 Å². The zero-order valence-electron chi connectivity index (χ0n) is 12.7. The van der Waals surface area contributed by atoms with E-state index in [9.17, 15) is 24.6 Å². The average molecular weight is 318 g/mol. The highest BCUT2D eigenvalue weighted by molar-refractivity contribution is 6.08. The van der Waals surface area contributed by atoms with Crippen molar-refractivity contribution in [3.8, 4) is 5.75 Å². The quantitative estimate of drug-likeness (QED) is 0.798. The summed E-state index contributed by atoms with van der Waals surface area (Å²) in [6.45, 7) is 1.07. The van der Waals surface area contributed by atoms with E-state index in [1.807, 2.05) is 0 Å². The van der Waals surface area contributed by atoms with E-state index in [1.165, 1.54) is 14.0 Å². The zero-order chi connectivity index (χ0) is 17.1. The van der Waals surface area contributed by atoms with Gasteiger partial charge in [0.2, 0.25) is 0 Å². The van der Waals surface area contributed by atoms with Gasteiger partial charge < -0.3 is 24.6 Å². The number of carboxylic acid groups (broad SMARTS) is 1. The van der Waals surface area contributed by atoms with Crippen molar-refractivity contribution >= 4 is 17.7 Å². The lowest BCUT2D eigenvalue weighted by Gasteiger charge is -2.27. The number of nitrogens with zero attached hydrogens (tertiary/aromatic N) is 1. The molecule has 2 rings (SSSR count). The maximum Gasteiger partial charge on any atom is 0.290 e. The van der Waals surface area contributed by atoms with Gasteiger partial charge in [-0.05, 0) is 24.6 Å². The Hall–Kier alpha value is -2.83. The summed E-state index contributed by atoms with van der Waals surface area (Å²) in [6, 6.07) is 5.83. The molecule has 1 aromatic rings. The number of carbonyl (C=O) groups excluding carboxylic acids is 3. The van der Waals surface area contributed by atoms with Crippen LogP contribution in [0.2, 0.25) is 0 Å². The van der Waals surface area contributed by atoms with Crippen LogP contribution in [0.5, 0.6) is 5.75 Å². The van der Waals surface area contributed by atoms with E-state index in [4.69, 9.17) is 4.74 Å². The standard InChI is InChI=1S/C16H17NO6/c1-9(18)13-14(10-4-3-5-11(8-10)23-2)17(7-6-12(19)20)16(22)15(13)21/h3-5,8,14,21H,6-7H2,1-2H3,(H,19,20)/p-1/t14-/m1/s1. The Morgan fingerprint density at radius 3 is 2.65 bits per heavy atom. The molecular formula is C16H16NO6-. The number of carbonyl (C=O) groups is 3. The number of hydrogen-bond acceptors (Lipinski definition) is 6. The number of ketones is 1. The van der Waals surface area contributed by atoms with Crippen molar-refractivity contribution in [1.29, 1.82) is 0 Å². The van der Waals surface area contributed by atoms with Crippen LogP contribution < -0.4 is 9.84 Å². The van der Waals surface area contributed by atoms with Crippen molar-refractivity contribution in [1.82, 2.24) is 4.90 Å². The summed E-state index contributed by atoms with van der Waals surface area (Å²) >= 11 is 0. The molecule has 1 aliphatic heterocycles. The summed E-state index contributed by atoms with van der Waals surface area (Å²) in [5, 5.41) is 20.7. The molecule has 0 spiro atoms. The molecular weight excluding hydrogens is 302 g/mol. The Labute approximate surface area is 132 Å². The molecule has 0 unspecified atom stereocenters. The number of amides is 1. The van der Waals surface area contributed by atoms with Crippen LogP contribution in [-0.2, 0) is 14.4 Å². The molecule has 7 heteroatoms. The van der Waals surface area contributed by atoms with Crippen molar-refractivity contribution in [2.75, 3.05) is 13.7 Å². The van der Waals surface area contributed by atoms with Crippen LogP contribution in [0.25, 0.3) is 0 Å². The first-order chi connectivity index (χ1) is 10.9. The maximum absolute atomic E-state index is 12.2. The van der Waals surface area contributed by atoms with Gasteiger partial charge in [0.15, 0.2) is 11.5 Å². The van der Waals surface area contributed by atoms with E-state index in [1.54, 1.807) is 24.3 Å².